The Labute approximate surface area is 196 Å². The number of piperidine rings is 1. The van der Waals surface area contributed by atoms with Gasteiger partial charge in [-0.25, -0.2) is 4.79 Å². The van der Waals surface area contributed by atoms with Crippen LogP contribution in [-0.4, -0.2) is 57.2 Å². The first-order chi connectivity index (χ1) is 15.7. The van der Waals surface area contributed by atoms with Crippen molar-refractivity contribution in [2.45, 2.75) is 59.1 Å². The lowest BCUT2D eigenvalue weighted by molar-refractivity contribution is -0.158. The monoisotopic (exact) mass is 463 g/mol. The molecule has 0 spiro atoms. The molecule has 0 bridgehead atoms. The van der Waals surface area contributed by atoms with Crippen molar-refractivity contribution in [2.24, 2.45) is 17.8 Å². The first-order valence-electron chi connectivity index (χ1n) is 11.7. The van der Waals surface area contributed by atoms with Gasteiger partial charge < -0.3 is 23.7 Å². The minimum atomic E-state index is -0.804. The number of hydrogen-bond donors (Lipinski definition) is 0. The van der Waals surface area contributed by atoms with Crippen molar-refractivity contribution in [1.82, 2.24) is 4.90 Å². The van der Waals surface area contributed by atoms with E-state index >= 15 is 0 Å². The van der Waals surface area contributed by atoms with Gasteiger partial charge in [-0.05, 0) is 42.0 Å². The highest BCUT2D eigenvalue weighted by Crippen LogP contribution is 2.44. The molecule has 0 amide bonds. The van der Waals surface area contributed by atoms with Gasteiger partial charge in [0.05, 0.1) is 20.1 Å². The summed E-state index contributed by atoms with van der Waals surface area (Å²) < 4.78 is 26.8. The highest BCUT2D eigenvalue weighted by Gasteiger charge is 2.41. The lowest BCUT2D eigenvalue weighted by atomic mass is 9.79. The number of carbonyl (C=O) groups excluding carboxylic acids is 2. The summed E-state index contributed by atoms with van der Waals surface area (Å²) in [6, 6.07) is 4.22. The first-order valence-corrected chi connectivity index (χ1v) is 11.7. The number of methoxy groups -OCH3 is 2. The van der Waals surface area contributed by atoms with Gasteiger partial charge >= 0.3 is 12.1 Å². The highest BCUT2D eigenvalue weighted by atomic mass is 16.8. The van der Waals surface area contributed by atoms with E-state index in [4.69, 9.17) is 23.7 Å². The van der Waals surface area contributed by atoms with Crippen LogP contribution in [0.1, 0.15) is 57.7 Å². The maximum absolute atomic E-state index is 12.4. The van der Waals surface area contributed by atoms with Crippen LogP contribution in [-0.2, 0) is 25.4 Å². The average molecular weight is 464 g/mol. The summed E-state index contributed by atoms with van der Waals surface area (Å²) in [7, 11) is 3.28. The first kappa shape index (κ1) is 25.1. The molecule has 1 aromatic rings. The Bertz CT molecular complexity index is 838. The summed E-state index contributed by atoms with van der Waals surface area (Å²) in [4.78, 5) is 26.5. The zero-order valence-electron chi connectivity index (χ0n) is 20.6. The van der Waals surface area contributed by atoms with E-state index in [1.165, 1.54) is 11.1 Å². The van der Waals surface area contributed by atoms with Crippen molar-refractivity contribution >= 4 is 12.1 Å². The van der Waals surface area contributed by atoms with Crippen LogP contribution in [0.5, 0.6) is 11.5 Å². The summed E-state index contributed by atoms with van der Waals surface area (Å²) in [5.74, 6) is 1.40. The Morgan fingerprint density at radius 3 is 2.39 bits per heavy atom. The van der Waals surface area contributed by atoms with Crippen LogP contribution in [0.25, 0.3) is 0 Å². The fraction of sp³-hybridized carbons (Fsp3) is 0.680. The third-order valence-electron chi connectivity index (χ3n) is 6.44. The summed E-state index contributed by atoms with van der Waals surface area (Å²) >= 11 is 0. The molecule has 8 nitrogen and oxygen atoms in total. The smallest absolute Gasteiger partial charge is 0.493 e. The van der Waals surface area contributed by atoms with Crippen LogP contribution in [0, 0.1) is 17.8 Å². The van der Waals surface area contributed by atoms with Crippen molar-refractivity contribution in [3.8, 4) is 11.5 Å². The molecule has 2 aliphatic heterocycles. The number of hydrogen-bond acceptors (Lipinski definition) is 8. The molecular formula is C25H37NO7. The molecular weight excluding hydrogens is 426 g/mol. The van der Waals surface area contributed by atoms with Gasteiger partial charge in [0.15, 0.2) is 11.5 Å². The molecule has 184 valence electrons. The van der Waals surface area contributed by atoms with E-state index in [0.717, 1.165) is 31.7 Å². The molecule has 3 atom stereocenters. The highest BCUT2D eigenvalue weighted by molar-refractivity contribution is 5.71. The number of nitrogens with zero attached hydrogens (tertiary/aromatic N) is 1. The minimum Gasteiger partial charge on any atom is -0.493 e. The Morgan fingerprint density at radius 2 is 1.76 bits per heavy atom. The molecule has 1 saturated heterocycles. The molecule has 3 rings (SSSR count). The van der Waals surface area contributed by atoms with Gasteiger partial charge in [0.1, 0.15) is 6.10 Å². The molecule has 0 radical (unpaired) electrons. The second-order valence-corrected chi connectivity index (χ2v) is 9.58. The second-order valence-electron chi connectivity index (χ2n) is 9.58. The van der Waals surface area contributed by atoms with E-state index in [-0.39, 0.29) is 24.0 Å². The molecule has 8 heteroatoms. The van der Waals surface area contributed by atoms with E-state index in [1.54, 1.807) is 28.1 Å². The molecule has 0 aliphatic carbocycles. The maximum atomic E-state index is 12.4. The summed E-state index contributed by atoms with van der Waals surface area (Å²) in [6.45, 7) is 9.15. The lowest BCUT2D eigenvalue weighted by Crippen LogP contribution is -2.49. The Kier molecular flexibility index (Phi) is 8.46. The Hall–Kier alpha value is -2.48. The van der Waals surface area contributed by atoms with Crippen molar-refractivity contribution in [3.63, 3.8) is 0 Å². The van der Waals surface area contributed by atoms with Gasteiger partial charge in [0.25, 0.3) is 0 Å². The quantitative estimate of drug-likeness (QED) is 0.416. The zero-order chi connectivity index (χ0) is 24.1. The van der Waals surface area contributed by atoms with Gasteiger partial charge in [-0.3, -0.25) is 9.69 Å². The van der Waals surface area contributed by atoms with E-state index in [0.29, 0.717) is 18.1 Å². The number of fused-ring (bicyclic) bond motifs is 3. The van der Waals surface area contributed by atoms with Crippen molar-refractivity contribution in [1.29, 1.82) is 0 Å². The molecule has 0 unspecified atom stereocenters. The van der Waals surface area contributed by atoms with E-state index < -0.39 is 18.9 Å². The van der Waals surface area contributed by atoms with Crippen molar-refractivity contribution in [3.05, 3.63) is 23.3 Å². The third kappa shape index (κ3) is 6.10. The minimum absolute atomic E-state index is 0.119. The van der Waals surface area contributed by atoms with Crippen LogP contribution < -0.4 is 9.47 Å². The van der Waals surface area contributed by atoms with Crippen LogP contribution in [0.4, 0.5) is 4.79 Å². The van der Waals surface area contributed by atoms with Crippen LogP contribution in [0.15, 0.2) is 12.1 Å². The predicted octanol–water partition coefficient (Wildman–Crippen LogP) is 4.35. The molecule has 1 aromatic carbocycles. The molecule has 1 fully saturated rings. The van der Waals surface area contributed by atoms with Gasteiger partial charge in [0.2, 0.25) is 6.79 Å². The Morgan fingerprint density at radius 1 is 1.06 bits per heavy atom. The molecule has 2 aliphatic rings. The second kappa shape index (κ2) is 11.1. The van der Waals surface area contributed by atoms with Crippen molar-refractivity contribution in [2.75, 3.05) is 34.1 Å². The van der Waals surface area contributed by atoms with Crippen LogP contribution in [0.2, 0.25) is 0 Å². The average Bonchev–Trinajstić information content (AvgIpc) is 2.77. The fourth-order valence-corrected chi connectivity index (χ4v) is 4.84. The van der Waals surface area contributed by atoms with E-state index in [2.05, 4.69) is 30.9 Å². The number of benzene rings is 1. The third-order valence-corrected chi connectivity index (χ3v) is 6.44. The number of carbonyl (C=O) groups is 2. The SMILES string of the molecule is COc1cc2c(cc1OC)[C@H]1C[C@@H](OC(=O)OCOC(=O)C(C)C)[C@H](CC(C)C)CN1CC2. The fourth-order valence-electron chi connectivity index (χ4n) is 4.84. The number of rotatable bonds is 8. The molecule has 2 heterocycles. The summed E-state index contributed by atoms with van der Waals surface area (Å²) in [6.07, 6.45) is 1.46. The normalized spacial score (nSPS) is 22.4. The molecule has 0 N–H and O–H groups in total. The predicted molar refractivity (Wildman–Crippen MR) is 122 cm³/mol. The summed E-state index contributed by atoms with van der Waals surface area (Å²) in [5, 5.41) is 0. The molecule has 33 heavy (non-hydrogen) atoms. The standard InChI is InChI=1S/C25H37NO7/c1-15(2)9-18-13-26-8-7-17-10-22(29-5)23(30-6)11-19(17)20(26)12-21(18)33-25(28)32-14-31-24(27)16(3)4/h10-11,15-16,18,20-21H,7-9,12-14H2,1-6H3/t18-,20-,21-/m1/s1. The van der Waals surface area contributed by atoms with Gasteiger partial charge in [-0.2, -0.15) is 0 Å². The number of ether oxygens (including phenoxy) is 5. The van der Waals surface area contributed by atoms with Gasteiger partial charge in [0, 0.05) is 31.5 Å². The van der Waals surface area contributed by atoms with Gasteiger partial charge in [-0.1, -0.05) is 27.7 Å². The van der Waals surface area contributed by atoms with E-state index in [1.807, 2.05) is 0 Å². The Balaban J connectivity index is 1.74. The van der Waals surface area contributed by atoms with E-state index in [9.17, 15) is 9.59 Å². The molecule has 0 aromatic heterocycles. The topological polar surface area (TPSA) is 83.5 Å². The van der Waals surface area contributed by atoms with Crippen LogP contribution >= 0.6 is 0 Å². The largest absolute Gasteiger partial charge is 0.511 e. The lowest BCUT2D eigenvalue weighted by Gasteiger charge is -2.47. The number of esters is 1. The van der Waals surface area contributed by atoms with Crippen LogP contribution in [0.3, 0.4) is 0 Å². The molecule has 0 saturated carbocycles. The zero-order valence-corrected chi connectivity index (χ0v) is 20.6. The van der Waals surface area contributed by atoms with Crippen molar-refractivity contribution < 1.29 is 33.3 Å². The maximum Gasteiger partial charge on any atom is 0.511 e. The summed E-state index contributed by atoms with van der Waals surface area (Å²) in [5.41, 5.74) is 2.42. The van der Waals surface area contributed by atoms with Gasteiger partial charge in [-0.15, -0.1) is 0 Å².